The van der Waals surface area contributed by atoms with E-state index in [4.69, 9.17) is 21.2 Å². The second-order valence-corrected chi connectivity index (χ2v) is 8.53. The van der Waals surface area contributed by atoms with Crippen LogP contribution in [0.5, 0.6) is 5.75 Å². The van der Waals surface area contributed by atoms with Crippen LogP contribution in [0.1, 0.15) is 19.8 Å². The average molecular weight is 444 g/mol. The minimum absolute atomic E-state index is 0.0236. The number of hydrogen-bond donors (Lipinski definition) is 3. The maximum atomic E-state index is 12.5. The third-order valence-corrected chi connectivity index (χ3v) is 6.55. The molecule has 0 aromatic heterocycles. The Kier molecular flexibility index (Phi) is 6.59. The Bertz CT molecular complexity index is 1010. The first-order chi connectivity index (χ1) is 13.7. The summed E-state index contributed by atoms with van der Waals surface area (Å²) in [7, 11) is 0.829. The minimum Gasteiger partial charge on any atom is -0.504 e. The molecule has 9 nitrogen and oxygen atoms in total. The van der Waals surface area contributed by atoms with Gasteiger partial charge in [0.15, 0.2) is 16.7 Å². The summed E-state index contributed by atoms with van der Waals surface area (Å²) in [6, 6.07) is 2.85. The Morgan fingerprint density at radius 1 is 1.31 bits per heavy atom. The molecule has 1 aliphatic rings. The number of hydrogen-bond acceptors (Lipinski definition) is 8. The lowest BCUT2D eigenvalue weighted by atomic mass is 10.1. The molecule has 1 fully saturated rings. The molecule has 0 radical (unpaired) electrons. The predicted octanol–water partition coefficient (Wildman–Crippen LogP) is 1.88. The van der Waals surface area contributed by atoms with E-state index in [0.29, 0.717) is 6.54 Å². The molecule has 3 N–H and O–H groups in total. The predicted molar refractivity (Wildman–Crippen MR) is 111 cm³/mol. The highest BCUT2D eigenvalue weighted by atomic mass is 35.5. The quantitative estimate of drug-likeness (QED) is 0.321. The van der Waals surface area contributed by atoms with Crippen molar-refractivity contribution >= 4 is 39.6 Å². The molecule has 0 amide bonds. The summed E-state index contributed by atoms with van der Waals surface area (Å²) >= 11 is 6.07. The maximum absolute atomic E-state index is 12.5. The fourth-order valence-electron chi connectivity index (χ4n) is 3.08. The van der Waals surface area contributed by atoms with Crippen molar-refractivity contribution in [3.8, 4) is 5.75 Å². The standard InChI is InChI=1S/C18H22ClN3O6S/c1-9-4-5-10(28-9)8-20-13-14(17(25)16(13)24)21-12-7-6-11(19)18(15(12)23)29(26)22(2)27-3/h6-7,9-10,20-21,23H,4-5,8H2,1-3H3. The molecule has 0 spiro atoms. The number of anilines is 3. The monoisotopic (exact) mass is 443 g/mol. The van der Waals surface area contributed by atoms with Crippen molar-refractivity contribution in [2.45, 2.75) is 36.9 Å². The van der Waals surface area contributed by atoms with E-state index in [0.717, 1.165) is 17.3 Å². The van der Waals surface area contributed by atoms with Gasteiger partial charge in [-0.05, 0) is 31.9 Å². The largest absolute Gasteiger partial charge is 0.504 e. The van der Waals surface area contributed by atoms with Crippen molar-refractivity contribution < 1.29 is 18.9 Å². The van der Waals surface area contributed by atoms with Crippen molar-refractivity contribution in [3.05, 3.63) is 37.6 Å². The van der Waals surface area contributed by atoms with Crippen LogP contribution in [0.25, 0.3) is 0 Å². The number of benzene rings is 1. The summed E-state index contributed by atoms with van der Waals surface area (Å²) in [5.74, 6) is -0.410. The van der Waals surface area contributed by atoms with Gasteiger partial charge in [0.25, 0.3) is 10.9 Å². The Morgan fingerprint density at radius 2 is 2.00 bits per heavy atom. The number of nitrogens with zero attached hydrogens (tertiary/aromatic N) is 1. The van der Waals surface area contributed by atoms with E-state index < -0.39 is 27.6 Å². The summed E-state index contributed by atoms with van der Waals surface area (Å²) in [6.45, 7) is 2.38. The lowest BCUT2D eigenvalue weighted by Gasteiger charge is -2.19. The molecule has 0 bridgehead atoms. The van der Waals surface area contributed by atoms with Gasteiger partial charge in [-0.15, -0.1) is 4.47 Å². The Balaban J connectivity index is 1.82. The van der Waals surface area contributed by atoms with Crippen LogP contribution < -0.4 is 21.5 Å². The van der Waals surface area contributed by atoms with Crippen molar-refractivity contribution in [2.75, 3.05) is 31.3 Å². The highest BCUT2D eigenvalue weighted by molar-refractivity contribution is 7.82. The Morgan fingerprint density at radius 3 is 2.62 bits per heavy atom. The first-order valence-electron chi connectivity index (χ1n) is 8.95. The van der Waals surface area contributed by atoms with Crippen LogP contribution >= 0.6 is 11.6 Å². The first kappa shape index (κ1) is 21.7. The average Bonchev–Trinajstić information content (AvgIpc) is 3.12. The van der Waals surface area contributed by atoms with Crippen molar-refractivity contribution in [2.24, 2.45) is 0 Å². The zero-order valence-corrected chi connectivity index (χ0v) is 17.7. The van der Waals surface area contributed by atoms with E-state index in [1.54, 1.807) is 0 Å². The molecule has 3 rings (SSSR count). The van der Waals surface area contributed by atoms with E-state index in [1.807, 2.05) is 6.92 Å². The molecule has 3 atom stereocenters. The number of hydroxylamine groups is 1. The molecule has 158 valence electrons. The van der Waals surface area contributed by atoms with E-state index in [-0.39, 0.29) is 39.2 Å². The molecule has 2 aromatic carbocycles. The van der Waals surface area contributed by atoms with Gasteiger partial charge in [-0.1, -0.05) is 11.6 Å². The van der Waals surface area contributed by atoms with Crippen LogP contribution in [-0.4, -0.2) is 46.7 Å². The summed E-state index contributed by atoms with van der Waals surface area (Å²) in [6.07, 6.45) is 1.94. The number of nitrogens with one attached hydrogen (secondary N) is 2. The number of phenolic OH excluding ortho intramolecular Hbond substituents is 1. The number of ether oxygens (including phenoxy) is 1. The molecule has 1 saturated heterocycles. The Labute approximate surface area is 174 Å². The fourth-order valence-corrected chi connectivity index (χ4v) is 4.33. The summed E-state index contributed by atoms with van der Waals surface area (Å²) in [5.41, 5.74) is -1.11. The summed E-state index contributed by atoms with van der Waals surface area (Å²) in [5, 5.41) is 16.3. The van der Waals surface area contributed by atoms with Gasteiger partial charge >= 0.3 is 0 Å². The van der Waals surface area contributed by atoms with E-state index in [1.165, 1.54) is 26.3 Å². The maximum Gasteiger partial charge on any atom is 0.253 e. The van der Waals surface area contributed by atoms with Crippen LogP contribution in [0.4, 0.5) is 17.1 Å². The number of rotatable bonds is 8. The lowest BCUT2D eigenvalue weighted by molar-refractivity contribution is -0.0205. The van der Waals surface area contributed by atoms with Crippen molar-refractivity contribution in [1.29, 1.82) is 0 Å². The smallest absolute Gasteiger partial charge is 0.253 e. The highest BCUT2D eigenvalue weighted by Gasteiger charge is 2.27. The zero-order chi connectivity index (χ0) is 21.3. The molecular weight excluding hydrogens is 422 g/mol. The van der Waals surface area contributed by atoms with Gasteiger partial charge in [0.05, 0.1) is 30.0 Å². The first-order valence-corrected chi connectivity index (χ1v) is 10.4. The van der Waals surface area contributed by atoms with E-state index in [2.05, 4.69) is 10.6 Å². The number of halogens is 1. The van der Waals surface area contributed by atoms with Crippen LogP contribution in [0.3, 0.4) is 0 Å². The second kappa shape index (κ2) is 8.80. The Hall–Kier alpha value is -1.98. The van der Waals surface area contributed by atoms with Crippen LogP contribution in [-0.2, 0) is 20.6 Å². The van der Waals surface area contributed by atoms with Crippen LogP contribution in [0, 0.1) is 0 Å². The summed E-state index contributed by atoms with van der Waals surface area (Å²) < 4.78 is 19.2. The van der Waals surface area contributed by atoms with Gasteiger partial charge in [-0.3, -0.25) is 14.4 Å². The molecule has 1 aliphatic heterocycles. The van der Waals surface area contributed by atoms with Crippen LogP contribution in [0.15, 0.2) is 26.6 Å². The highest BCUT2D eigenvalue weighted by Crippen LogP contribution is 2.38. The van der Waals surface area contributed by atoms with Gasteiger partial charge in [0.2, 0.25) is 0 Å². The molecule has 0 saturated carbocycles. The molecule has 2 aromatic rings. The van der Waals surface area contributed by atoms with Crippen LogP contribution in [0.2, 0.25) is 5.02 Å². The molecule has 11 heteroatoms. The van der Waals surface area contributed by atoms with E-state index in [9.17, 15) is 18.9 Å². The minimum atomic E-state index is -1.90. The zero-order valence-electron chi connectivity index (χ0n) is 16.2. The number of phenols is 1. The molecule has 29 heavy (non-hydrogen) atoms. The van der Waals surface area contributed by atoms with Crippen molar-refractivity contribution in [1.82, 2.24) is 4.47 Å². The van der Waals surface area contributed by atoms with Gasteiger partial charge in [-0.2, -0.15) is 0 Å². The topological polar surface area (TPSA) is 117 Å². The van der Waals surface area contributed by atoms with E-state index >= 15 is 0 Å². The van der Waals surface area contributed by atoms with Gasteiger partial charge in [0, 0.05) is 13.6 Å². The van der Waals surface area contributed by atoms with Gasteiger partial charge < -0.3 is 20.5 Å². The molecular formula is C18H22ClN3O6S. The van der Waals surface area contributed by atoms with Crippen molar-refractivity contribution in [3.63, 3.8) is 0 Å². The third-order valence-electron chi connectivity index (χ3n) is 4.75. The normalized spacial score (nSPS) is 20.3. The van der Waals surface area contributed by atoms with Gasteiger partial charge in [0.1, 0.15) is 16.3 Å². The molecule has 3 unspecified atom stereocenters. The summed E-state index contributed by atoms with van der Waals surface area (Å²) in [4.78, 5) is 28.8. The second-order valence-electron chi connectivity index (χ2n) is 6.70. The third kappa shape index (κ3) is 4.31. The lowest BCUT2D eigenvalue weighted by Crippen LogP contribution is -2.38. The SMILES string of the molecule is CON(C)S(=O)c1c(Cl)ccc(Nc2c(NCC3CCC(C)O3)c(=O)c2=O)c1O. The molecule has 0 aliphatic carbocycles. The van der Waals surface area contributed by atoms with Gasteiger partial charge in [-0.25, -0.2) is 4.21 Å². The fraction of sp³-hybridized carbons (Fsp3) is 0.444. The number of aromatic hydroxyl groups is 1. The molecule has 1 heterocycles.